The third-order valence-electron chi connectivity index (χ3n) is 1.37. The first-order valence-corrected chi connectivity index (χ1v) is 4.88. The van der Waals surface area contributed by atoms with Gasteiger partial charge in [0.05, 0.1) is 12.6 Å². The van der Waals surface area contributed by atoms with Crippen LogP contribution in [0.15, 0.2) is 10.5 Å². The van der Waals surface area contributed by atoms with E-state index in [1.807, 2.05) is 13.0 Å². The number of hydrogen-bond acceptors (Lipinski definition) is 3. The normalized spacial score (nSPS) is 13.5. The number of halogens is 1. The number of nitrogens with two attached hydrogens (primary N) is 1. The smallest absolute Gasteiger partial charge is 0.0636 e. The van der Waals surface area contributed by atoms with Gasteiger partial charge in [-0.25, -0.2) is 0 Å². The van der Waals surface area contributed by atoms with Crippen molar-refractivity contribution >= 4 is 27.3 Å². The Bertz CT molecular complexity index is 249. The average molecular weight is 236 g/mol. The number of aliphatic hydroxyl groups is 1. The Morgan fingerprint density at radius 1 is 1.82 bits per heavy atom. The van der Waals surface area contributed by atoms with E-state index >= 15 is 0 Å². The van der Waals surface area contributed by atoms with Crippen molar-refractivity contribution in [2.75, 3.05) is 6.61 Å². The maximum atomic E-state index is 8.78. The summed E-state index contributed by atoms with van der Waals surface area (Å²) in [4.78, 5) is 2.22. The van der Waals surface area contributed by atoms with E-state index in [1.165, 1.54) is 4.88 Å². The van der Waals surface area contributed by atoms with Gasteiger partial charge < -0.3 is 10.8 Å². The molecule has 0 saturated heterocycles. The van der Waals surface area contributed by atoms with Gasteiger partial charge in [-0.3, -0.25) is 0 Å². The minimum Gasteiger partial charge on any atom is -0.394 e. The van der Waals surface area contributed by atoms with Crippen molar-refractivity contribution in [1.82, 2.24) is 0 Å². The fourth-order valence-electron chi connectivity index (χ4n) is 0.837. The number of aliphatic hydroxyl groups excluding tert-OH is 1. The predicted octanol–water partition coefficient (Wildman–Crippen LogP) is 1.81. The molecule has 3 N–H and O–H groups in total. The summed E-state index contributed by atoms with van der Waals surface area (Å²) in [6.07, 6.45) is 0. The quantitative estimate of drug-likeness (QED) is 0.822. The molecule has 0 radical (unpaired) electrons. The van der Waals surface area contributed by atoms with E-state index in [4.69, 9.17) is 10.8 Å². The van der Waals surface area contributed by atoms with E-state index in [-0.39, 0.29) is 12.6 Å². The van der Waals surface area contributed by atoms with Gasteiger partial charge >= 0.3 is 0 Å². The zero-order valence-electron chi connectivity index (χ0n) is 6.17. The highest BCUT2D eigenvalue weighted by atomic mass is 79.9. The molecule has 4 heteroatoms. The Labute approximate surface area is 78.2 Å². The highest BCUT2D eigenvalue weighted by molar-refractivity contribution is 9.10. The van der Waals surface area contributed by atoms with Gasteiger partial charge in [-0.2, -0.15) is 0 Å². The van der Waals surface area contributed by atoms with Crippen LogP contribution in [-0.4, -0.2) is 11.7 Å². The molecule has 0 bridgehead atoms. The molecule has 1 unspecified atom stereocenters. The second-order valence-corrected chi connectivity index (χ2v) is 4.50. The Balaban J connectivity index is 2.93. The molecule has 0 spiro atoms. The molecular weight excluding hydrogens is 226 g/mol. The Morgan fingerprint density at radius 3 is 2.82 bits per heavy atom. The van der Waals surface area contributed by atoms with Crippen molar-refractivity contribution in [1.29, 1.82) is 0 Å². The summed E-state index contributed by atoms with van der Waals surface area (Å²) in [5.41, 5.74) is 5.64. The maximum absolute atomic E-state index is 8.78. The molecule has 62 valence electrons. The monoisotopic (exact) mass is 235 g/mol. The second kappa shape index (κ2) is 3.67. The standard InChI is InChI=1S/C7H10BrNOS/c1-4-2-5(8)7(11-4)6(9)3-10/h2,6,10H,3,9H2,1H3. The molecule has 1 aromatic heterocycles. The first-order valence-electron chi connectivity index (χ1n) is 3.27. The minimum absolute atomic E-state index is 0.00144. The Hall–Kier alpha value is 0.1000. The fourth-order valence-corrected chi connectivity index (χ4v) is 2.77. The molecule has 0 saturated carbocycles. The lowest BCUT2D eigenvalue weighted by atomic mass is 10.3. The molecule has 0 aromatic carbocycles. The van der Waals surface area contributed by atoms with Crippen LogP contribution < -0.4 is 5.73 Å². The van der Waals surface area contributed by atoms with E-state index in [1.54, 1.807) is 11.3 Å². The summed E-state index contributed by atoms with van der Waals surface area (Å²) in [5.74, 6) is 0. The lowest BCUT2D eigenvalue weighted by Gasteiger charge is -2.04. The summed E-state index contributed by atoms with van der Waals surface area (Å²) >= 11 is 4.99. The molecule has 1 aromatic rings. The van der Waals surface area contributed by atoms with Crippen LogP contribution in [0.3, 0.4) is 0 Å². The zero-order chi connectivity index (χ0) is 8.43. The molecule has 1 atom stereocenters. The van der Waals surface area contributed by atoms with E-state index < -0.39 is 0 Å². The lowest BCUT2D eigenvalue weighted by molar-refractivity contribution is 0.269. The number of hydrogen-bond donors (Lipinski definition) is 2. The van der Waals surface area contributed by atoms with Gasteiger partial charge in [0.2, 0.25) is 0 Å². The van der Waals surface area contributed by atoms with Gasteiger partial charge in [0.1, 0.15) is 0 Å². The van der Waals surface area contributed by atoms with Crippen LogP contribution in [0.1, 0.15) is 15.8 Å². The molecule has 1 rings (SSSR count). The topological polar surface area (TPSA) is 46.2 Å². The summed E-state index contributed by atoms with van der Waals surface area (Å²) in [5, 5.41) is 8.78. The predicted molar refractivity (Wildman–Crippen MR) is 50.8 cm³/mol. The van der Waals surface area contributed by atoms with Crippen LogP contribution in [0.25, 0.3) is 0 Å². The van der Waals surface area contributed by atoms with Gasteiger partial charge in [0.25, 0.3) is 0 Å². The molecule has 2 nitrogen and oxygen atoms in total. The molecule has 1 heterocycles. The van der Waals surface area contributed by atoms with Crippen LogP contribution >= 0.6 is 27.3 Å². The van der Waals surface area contributed by atoms with Crippen LogP contribution in [0.4, 0.5) is 0 Å². The lowest BCUT2D eigenvalue weighted by Crippen LogP contribution is -2.13. The highest BCUT2D eigenvalue weighted by Crippen LogP contribution is 2.30. The number of aryl methyl sites for hydroxylation is 1. The van der Waals surface area contributed by atoms with Crippen molar-refractivity contribution in [3.8, 4) is 0 Å². The fraction of sp³-hybridized carbons (Fsp3) is 0.429. The number of thiophene rings is 1. The van der Waals surface area contributed by atoms with E-state index in [0.717, 1.165) is 9.35 Å². The third-order valence-corrected chi connectivity index (χ3v) is 3.47. The van der Waals surface area contributed by atoms with Gasteiger partial charge in [-0.15, -0.1) is 11.3 Å². The Morgan fingerprint density at radius 2 is 2.45 bits per heavy atom. The van der Waals surface area contributed by atoms with Crippen molar-refractivity contribution in [2.24, 2.45) is 5.73 Å². The van der Waals surface area contributed by atoms with E-state index in [0.29, 0.717) is 0 Å². The molecule has 0 aliphatic heterocycles. The van der Waals surface area contributed by atoms with Crippen molar-refractivity contribution in [3.05, 3.63) is 20.3 Å². The minimum atomic E-state index is -0.247. The van der Waals surface area contributed by atoms with Crippen LogP contribution in [0, 0.1) is 6.92 Å². The first-order chi connectivity index (χ1) is 5.15. The second-order valence-electron chi connectivity index (χ2n) is 2.36. The van der Waals surface area contributed by atoms with Crippen LogP contribution in [-0.2, 0) is 0 Å². The Kier molecular flexibility index (Phi) is 3.06. The molecule has 11 heavy (non-hydrogen) atoms. The largest absolute Gasteiger partial charge is 0.394 e. The molecule has 0 fully saturated rings. The summed E-state index contributed by atoms with van der Waals surface area (Å²) in [6, 6.07) is 1.76. The maximum Gasteiger partial charge on any atom is 0.0636 e. The van der Waals surface area contributed by atoms with Crippen molar-refractivity contribution in [2.45, 2.75) is 13.0 Å². The SMILES string of the molecule is Cc1cc(Br)c(C(N)CO)s1. The third kappa shape index (κ3) is 2.02. The first kappa shape index (κ1) is 9.19. The van der Waals surface area contributed by atoms with Crippen LogP contribution in [0.5, 0.6) is 0 Å². The van der Waals surface area contributed by atoms with E-state index in [2.05, 4.69) is 15.9 Å². The van der Waals surface area contributed by atoms with E-state index in [9.17, 15) is 0 Å². The van der Waals surface area contributed by atoms with Crippen molar-refractivity contribution < 1.29 is 5.11 Å². The molecule has 0 amide bonds. The highest BCUT2D eigenvalue weighted by Gasteiger charge is 2.11. The van der Waals surface area contributed by atoms with Gasteiger partial charge in [-0.1, -0.05) is 0 Å². The zero-order valence-corrected chi connectivity index (χ0v) is 8.58. The summed E-state index contributed by atoms with van der Waals surface area (Å²) in [6.45, 7) is 2.02. The summed E-state index contributed by atoms with van der Waals surface area (Å²) in [7, 11) is 0. The molecule has 0 aliphatic rings. The molecular formula is C7H10BrNOS. The molecule has 0 aliphatic carbocycles. The van der Waals surface area contributed by atoms with Gasteiger partial charge in [-0.05, 0) is 28.9 Å². The average Bonchev–Trinajstić information content (AvgIpc) is 2.28. The van der Waals surface area contributed by atoms with Gasteiger partial charge in [0, 0.05) is 14.2 Å². The van der Waals surface area contributed by atoms with Crippen LogP contribution in [0.2, 0.25) is 0 Å². The van der Waals surface area contributed by atoms with Crippen molar-refractivity contribution in [3.63, 3.8) is 0 Å². The van der Waals surface area contributed by atoms with Gasteiger partial charge in [0.15, 0.2) is 0 Å². The summed E-state index contributed by atoms with van der Waals surface area (Å²) < 4.78 is 1.00. The number of rotatable bonds is 2.